The van der Waals surface area contributed by atoms with Gasteiger partial charge >= 0.3 is 0 Å². The van der Waals surface area contributed by atoms with Gasteiger partial charge in [0.1, 0.15) is 5.82 Å². The molecule has 0 aliphatic carbocycles. The Hall–Kier alpha value is -0.930. The van der Waals surface area contributed by atoms with Gasteiger partial charge in [-0.2, -0.15) is 0 Å². The van der Waals surface area contributed by atoms with Crippen molar-refractivity contribution in [1.82, 2.24) is 5.32 Å². The first-order valence-electron chi connectivity index (χ1n) is 6.50. The van der Waals surface area contributed by atoms with Gasteiger partial charge in [-0.3, -0.25) is 0 Å². The molecule has 0 saturated heterocycles. The van der Waals surface area contributed by atoms with Crippen LogP contribution in [-0.2, 0) is 4.74 Å². The van der Waals surface area contributed by atoms with Crippen molar-refractivity contribution in [2.45, 2.75) is 39.2 Å². The molecule has 2 nitrogen and oxygen atoms in total. The van der Waals surface area contributed by atoms with Crippen LogP contribution in [0.25, 0.3) is 0 Å². The SMILES string of the molecule is CCOCC(CNC(C)(C)C)c1cccc(F)c1. The summed E-state index contributed by atoms with van der Waals surface area (Å²) < 4.78 is 18.8. The molecule has 0 radical (unpaired) electrons. The zero-order chi connectivity index (χ0) is 13.6. The van der Waals surface area contributed by atoms with Crippen LogP contribution in [0.1, 0.15) is 39.2 Å². The van der Waals surface area contributed by atoms with Crippen molar-refractivity contribution in [2.24, 2.45) is 0 Å². The summed E-state index contributed by atoms with van der Waals surface area (Å²) in [4.78, 5) is 0. The molecule has 102 valence electrons. The number of rotatable bonds is 6. The number of ether oxygens (including phenoxy) is 1. The number of halogens is 1. The van der Waals surface area contributed by atoms with E-state index in [4.69, 9.17) is 4.74 Å². The quantitative estimate of drug-likeness (QED) is 0.839. The molecule has 1 aromatic rings. The molecule has 1 aromatic carbocycles. The normalized spacial score (nSPS) is 13.6. The summed E-state index contributed by atoms with van der Waals surface area (Å²) >= 11 is 0. The van der Waals surface area contributed by atoms with Crippen LogP contribution in [0, 0.1) is 5.82 Å². The summed E-state index contributed by atoms with van der Waals surface area (Å²) in [6, 6.07) is 6.77. The maximum Gasteiger partial charge on any atom is 0.123 e. The molecule has 3 heteroatoms. The Balaban J connectivity index is 2.71. The number of benzene rings is 1. The van der Waals surface area contributed by atoms with E-state index in [0.717, 1.165) is 12.1 Å². The molecule has 0 aliphatic rings. The summed E-state index contributed by atoms with van der Waals surface area (Å²) in [6.07, 6.45) is 0. The Kier molecular flexibility index (Phi) is 5.76. The molecule has 0 heterocycles. The molecule has 1 atom stereocenters. The minimum atomic E-state index is -0.190. The lowest BCUT2D eigenvalue weighted by Gasteiger charge is -2.25. The second-order valence-corrected chi connectivity index (χ2v) is 5.54. The van der Waals surface area contributed by atoms with Crippen molar-refractivity contribution in [3.05, 3.63) is 35.6 Å². The van der Waals surface area contributed by atoms with Crippen molar-refractivity contribution in [3.63, 3.8) is 0 Å². The molecule has 18 heavy (non-hydrogen) atoms. The van der Waals surface area contributed by atoms with Gasteiger partial charge in [-0.25, -0.2) is 4.39 Å². The van der Waals surface area contributed by atoms with Crippen LogP contribution in [0.3, 0.4) is 0 Å². The molecule has 0 aliphatic heterocycles. The van der Waals surface area contributed by atoms with E-state index in [1.54, 1.807) is 12.1 Å². The maximum atomic E-state index is 13.3. The van der Waals surface area contributed by atoms with Crippen molar-refractivity contribution < 1.29 is 9.13 Å². The van der Waals surface area contributed by atoms with E-state index in [-0.39, 0.29) is 17.3 Å². The lowest BCUT2D eigenvalue weighted by atomic mass is 9.98. The first kappa shape index (κ1) is 15.1. The predicted molar refractivity (Wildman–Crippen MR) is 73.4 cm³/mol. The highest BCUT2D eigenvalue weighted by Crippen LogP contribution is 2.17. The highest BCUT2D eigenvalue weighted by molar-refractivity contribution is 5.21. The Morgan fingerprint density at radius 3 is 2.61 bits per heavy atom. The van der Waals surface area contributed by atoms with E-state index in [1.807, 2.05) is 13.0 Å². The molecule has 0 fully saturated rings. The second kappa shape index (κ2) is 6.86. The molecule has 1 N–H and O–H groups in total. The third-order valence-corrected chi connectivity index (χ3v) is 2.72. The van der Waals surface area contributed by atoms with Gasteiger partial charge < -0.3 is 10.1 Å². The van der Waals surface area contributed by atoms with Gasteiger partial charge in [-0.1, -0.05) is 12.1 Å². The Bertz CT molecular complexity index is 360. The molecular formula is C15H24FNO. The lowest BCUT2D eigenvalue weighted by Crippen LogP contribution is -2.39. The van der Waals surface area contributed by atoms with E-state index in [9.17, 15) is 4.39 Å². The average Bonchev–Trinajstić information content (AvgIpc) is 2.28. The maximum absolute atomic E-state index is 13.3. The molecule has 0 spiro atoms. The van der Waals surface area contributed by atoms with Crippen LogP contribution < -0.4 is 5.32 Å². The average molecular weight is 253 g/mol. The smallest absolute Gasteiger partial charge is 0.123 e. The third-order valence-electron chi connectivity index (χ3n) is 2.72. The van der Waals surface area contributed by atoms with Gasteiger partial charge in [0.15, 0.2) is 0 Å². The lowest BCUT2D eigenvalue weighted by molar-refractivity contribution is 0.129. The Labute approximate surface area is 110 Å². The van der Waals surface area contributed by atoms with Gasteiger partial charge in [-0.15, -0.1) is 0 Å². The fourth-order valence-corrected chi connectivity index (χ4v) is 1.72. The van der Waals surface area contributed by atoms with E-state index in [2.05, 4.69) is 26.1 Å². The number of hydrogen-bond acceptors (Lipinski definition) is 2. The summed E-state index contributed by atoms with van der Waals surface area (Å²) in [7, 11) is 0. The molecular weight excluding hydrogens is 229 g/mol. The van der Waals surface area contributed by atoms with Crippen LogP contribution in [0.4, 0.5) is 4.39 Å². The van der Waals surface area contributed by atoms with Gasteiger partial charge in [0, 0.05) is 24.6 Å². The van der Waals surface area contributed by atoms with Crippen LogP contribution in [0.5, 0.6) is 0 Å². The Morgan fingerprint density at radius 2 is 2.06 bits per heavy atom. The second-order valence-electron chi connectivity index (χ2n) is 5.54. The molecule has 0 bridgehead atoms. The van der Waals surface area contributed by atoms with Crippen LogP contribution in [-0.4, -0.2) is 25.3 Å². The van der Waals surface area contributed by atoms with Crippen LogP contribution in [0.2, 0.25) is 0 Å². The van der Waals surface area contributed by atoms with Crippen molar-refractivity contribution >= 4 is 0 Å². The highest BCUT2D eigenvalue weighted by atomic mass is 19.1. The van der Waals surface area contributed by atoms with E-state index >= 15 is 0 Å². The van der Waals surface area contributed by atoms with Crippen LogP contribution >= 0.6 is 0 Å². The first-order valence-corrected chi connectivity index (χ1v) is 6.50. The summed E-state index contributed by atoms with van der Waals surface area (Å²) in [5.74, 6) is -0.00960. The fraction of sp³-hybridized carbons (Fsp3) is 0.600. The van der Waals surface area contributed by atoms with Crippen molar-refractivity contribution in [2.75, 3.05) is 19.8 Å². The zero-order valence-electron chi connectivity index (χ0n) is 11.8. The third kappa shape index (κ3) is 5.61. The first-order chi connectivity index (χ1) is 8.42. The zero-order valence-corrected chi connectivity index (χ0v) is 11.8. The predicted octanol–water partition coefficient (Wildman–Crippen LogP) is 3.33. The summed E-state index contributed by atoms with van der Waals surface area (Å²) in [5, 5.41) is 3.45. The summed E-state index contributed by atoms with van der Waals surface area (Å²) in [5.41, 5.74) is 1.04. The van der Waals surface area contributed by atoms with E-state index < -0.39 is 0 Å². The van der Waals surface area contributed by atoms with E-state index in [1.165, 1.54) is 6.07 Å². The Morgan fingerprint density at radius 1 is 1.33 bits per heavy atom. The minimum Gasteiger partial charge on any atom is -0.381 e. The van der Waals surface area contributed by atoms with Gasteiger partial charge in [0.05, 0.1) is 6.61 Å². The number of nitrogens with one attached hydrogen (secondary N) is 1. The highest BCUT2D eigenvalue weighted by Gasteiger charge is 2.16. The standard InChI is InChI=1S/C15H24FNO/c1-5-18-11-13(10-17-15(2,3)4)12-7-6-8-14(16)9-12/h6-9,13,17H,5,10-11H2,1-4H3. The molecule has 0 aromatic heterocycles. The van der Waals surface area contributed by atoms with Crippen molar-refractivity contribution in [3.8, 4) is 0 Å². The fourth-order valence-electron chi connectivity index (χ4n) is 1.72. The number of hydrogen-bond donors (Lipinski definition) is 1. The molecule has 0 amide bonds. The monoisotopic (exact) mass is 253 g/mol. The summed E-state index contributed by atoms with van der Waals surface area (Å²) in [6.45, 7) is 10.4. The van der Waals surface area contributed by atoms with Gasteiger partial charge in [-0.05, 0) is 45.4 Å². The van der Waals surface area contributed by atoms with Crippen molar-refractivity contribution in [1.29, 1.82) is 0 Å². The molecule has 1 unspecified atom stereocenters. The molecule has 1 rings (SSSR count). The van der Waals surface area contributed by atoms with Gasteiger partial charge in [0.2, 0.25) is 0 Å². The van der Waals surface area contributed by atoms with E-state index in [0.29, 0.717) is 13.2 Å². The molecule has 0 saturated carbocycles. The van der Waals surface area contributed by atoms with Crippen LogP contribution in [0.15, 0.2) is 24.3 Å². The topological polar surface area (TPSA) is 21.3 Å². The largest absolute Gasteiger partial charge is 0.381 e. The minimum absolute atomic E-state index is 0.0534. The van der Waals surface area contributed by atoms with Gasteiger partial charge in [0.25, 0.3) is 0 Å².